The minimum Gasteiger partial charge on any atom is -0.464 e. The second kappa shape index (κ2) is 5.23. The maximum atomic E-state index is 11.6. The fourth-order valence-electron chi connectivity index (χ4n) is 2.10. The van der Waals surface area contributed by atoms with E-state index >= 15 is 0 Å². The molecule has 21 heavy (non-hydrogen) atoms. The summed E-state index contributed by atoms with van der Waals surface area (Å²) < 4.78 is 6.18. The molecule has 0 radical (unpaired) electrons. The molecule has 0 amide bonds. The number of aryl methyl sites for hydroxylation is 2. The second-order valence-electron chi connectivity index (χ2n) is 4.45. The van der Waals surface area contributed by atoms with Gasteiger partial charge < -0.3 is 10.5 Å². The number of anilines is 1. The van der Waals surface area contributed by atoms with E-state index in [9.17, 15) is 14.9 Å². The zero-order valence-electron chi connectivity index (χ0n) is 11.8. The van der Waals surface area contributed by atoms with Crippen molar-refractivity contribution < 1.29 is 14.5 Å². The molecule has 110 valence electrons. The Hall–Kier alpha value is -2.90. The Bertz CT molecular complexity index is 736. The number of esters is 1. The molecule has 8 nitrogen and oxygen atoms in total. The topological polar surface area (TPSA) is 113 Å². The Labute approximate surface area is 120 Å². The predicted octanol–water partition coefficient (Wildman–Crippen LogP) is 1.77. The highest BCUT2D eigenvalue weighted by Gasteiger charge is 2.21. The molecule has 0 aliphatic carbocycles. The van der Waals surface area contributed by atoms with Gasteiger partial charge in [0.2, 0.25) is 0 Å². The van der Waals surface area contributed by atoms with Gasteiger partial charge >= 0.3 is 5.97 Å². The number of carbonyl (C=O) groups excluding carboxylic acids is 1. The van der Waals surface area contributed by atoms with Crippen LogP contribution in [-0.4, -0.2) is 27.6 Å². The van der Waals surface area contributed by atoms with Gasteiger partial charge in [0.15, 0.2) is 5.69 Å². The lowest BCUT2D eigenvalue weighted by molar-refractivity contribution is -0.384. The molecule has 0 aliphatic heterocycles. The van der Waals surface area contributed by atoms with Crippen LogP contribution in [0.4, 0.5) is 11.5 Å². The van der Waals surface area contributed by atoms with Crippen molar-refractivity contribution in [3.05, 3.63) is 45.4 Å². The van der Waals surface area contributed by atoms with Crippen molar-refractivity contribution in [2.45, 2.75) is 13.8 Å². The van der Waals surface area contributed by atoms with Crippen LogP contribution in [0.5, 0.6) is 0 Å². The van der Waals surface area contributed by atoms with Crippen LogP contribution in [0.25, 0.3) is 5.69 Å². The number of benzene rings is 1. The molecule has 2 aromatic rings. The van der Waals surface area contributed by atoms with E-state index in [1.807, 2.05) is 0 Å². The summed E-state index contributed by atoms with van der Waals surface area (Å²) >= 11 is 0. The van der Waals surface area contributed by atoms with Crippen molar-refractivity contribution >= 4 is 17.5 Å². The van der Waals surface area contributed by atoms with E-state index in [0.29, 0.717) is 17.1 Å². The van der Waals surface area contributed by atoms with Gasteiger partial charge in [-0.15, -0.1) is 0 Å². The Morgan fingerprint density at radius 2 is 2.10 bits per heavy atom. The number of rotatable bonds is 3. The smallest absolute Gasteiger partial charge is 0.360 e. The van der Waals surface area contributed by atoms with Crippen molar-refractivity contribution in [2.75, 3.05) is 12.8 Å². The first-order valence-corrected chi connectivity index (χ1v) is 6.05. The van der Waals surface area contributed by atoms with Crippen LogP contribution < -0.4 is 5.73 Å². The van der Waals surface area contributed by atoms with Crippen molar-refractivity contribution in [3.8, 4) is 5.69 Å². The van der Waals surface area contributed by atoms with Gasteiger partial charge in [-0.1, -0.05) is 0 Å². The highest BCUT2D eigenvalue weighted by molar-refractivity contribution is 5.92. The molecule has 2 rings (SSSR count). The van der Waals surface area contributed by atoms with Crippen molar-refractivity contribution in [3.63, 3.8) is 0 Å². The summed E-state index contributed by atoms with van der Waals surface area (Å²) in [5, 5.41) is 10.8. The molecule has 0 atom stereocenters. The molecule has 0 aliphatic rings. The Morgan fingerprint density at radius 1 is 1.43 bits per heavy atom. The van der Waals surface area contributed by atoms with Gasteiger partial charge in [0.25, 0.3) is 5.69 Å². The molecular weight excluding hydrogens is 276 g/mol. The number of hydrogen-bond acceptors (Lipinski definition) is 6. The summed E-state index contributed by atoms with van der Waals surface area (Å²) in [7, 11) is 1.24. The number of nitrogens with two attached hydrogens (primary N) is 1. The number of ether oxygens (including phenoxy) is 1. The summed E-state index contributed by atoms with van der Waals surface area (Å²) in [5.74, 6) is -0.00456. The molecule has 0 unspecified atom stereocenters. The standard InChI is InChI=1S/C13H14N4O4/c1-7-6-9(17(19)20)4-5-10(7)16-8(2)15-11(12(16)14)13(18)21-3/h4-6H,14H2,1-3H3. The number of non-ortho nitro benzene ring substituents is 1. The van der Waals surface area contributed by atoms with E-state index in [-0.39, 0.29) is 17.2 Å². The van der Waals surface area contributed by atoms with Crippen LogP contribution >= 0.6 is 0 Å². The number of nitrogens with zero attached hydrogens (tertiary/aromatic N) is 3. The lowest BCUT2D eigenvalue weighted by Gasteiger charge is -2.10. The summed E-state index contributed by atoms with van der Waals surface area (Å²) in [6.07, 6.45) is 0. The van der Waals surface area contributed by atoms with E-state index in [0.717, 1.165) is 0 Å². The van der Waals surface area contributed by atoms with Crippen LogP contribution in [-0.2, 0) is 4.74 Å². The number of aromatic nitrogens is 2. The first-order valence-electron chi connectivity index (χ1n) is 6.05. The first kappa shape index (κ1) is 14.5. The number of nitro groups is 1. The average Bonchev–Trinajstić information content (AvgIpc) is 2.73. The monoisotopic (exact) mass is 290 g/mol. The zero-order chi connectivity index (χ0) is 15.7. The van der Waals surface area contributed by atoms with Gasteiger partial charge in [0, 0.05) is 12.1 Å². The summed E-state index contributed by atoms with van der Waals surface area (Å²) in [6.45, 7) is 3.41. The molecule has 0 fully saturated rings. The summed E-state index contributed by atoms with van der Waals surface area (Å²) in [6, 6.07) is 4.38. The normalized spacial score (nSPS) is 10.4. The SMILES string of the molecule is COC(=O)c1nc(C)n(-c2ccc([N+](=O)[O-])cc2C)c1N. The summed E-state index contributed by atoms with van der Waals surface area (Å²) in [5.41, 5.74) is 7.22. The third-order valence-electron chi connectivity index (χ3n) is 3.09. The first-order chi connectivity index (χ1) is 9.86. The Morgan fingerprint density at radius 3 is 2.62 bits per heavy atom. The van der Waals surface area contributed by atoms with E-state index in [1.54, 1.807) is 24.5 Å². The van der Waals surface area contributed by atoms with Crippen LogP contribution in [0.1, 0.15) is 21.9 Å². The van der Waals surface area contributed by atoms with Crippen LogP contribution in [0.15, 0.2) is 18.2 Å². The number of imidazole rings is 1. The molecule has 0 saturated carbocycles. The van der Waals surface area contributed by atoms with Gasteiger partial charge in [-0.25, -0.2) is 9.78 Å². The lowest BCUT2D eigenvalue weighted by Crippen LogP contribution is -2.08. The quantitative estimate of drug-likeness (QED) is 0.523. The highest BCUT2D eigenvalue weighted by atomic mass is 16.6. The fraction of sp³-hybridized carbons (Fsp3) is 0.231. The highest BCUT2D eigenvalue weighted by Crippen LogP contribution is 2.26. The molecule has 2 N–H and O–H groups in total. The maximum Gasteiger partial charge on any atom is 0.360 e. The van der Waals surface area contributed by atoms with Gasteiger partial charge in [-0.2, -0.15) is 0 Å². The number of nitrogen functional groups attached to an aromatic ring is 1. The number of methoxy groups -OCH3 is 1. The van der Waals surface area contributed by atoms with E-state index < -0.39 is 10.9 Å². The van der Waals surface area contributed by atoms with Crippen molar-refractivity contribution in [2.24, 2.45) is 0 Å². The molecule has 0 spiro atoms. The van der Waals surface area contributed by atoms with Crippen molar-refractivity contribution in [1.29, 1.82) is 0 Å². The molecule has 1 aromatic carbocycles. The third-order valence-corrected chi connectivity index (χ3v) is 3.09. The van der Waals surface area contributed by atoms with E-state index in [1.165, 1.54) is 19.2 Å². The largest absolute Gasteiger partial charge is 0.464 e. The summed E-state index contributed by atoms with van der Waals surface area (Å²) in [4.78, 5) is 26.0. The van der Waals surface area contributed by atoms with Crippen molar-refractivity contribution in [1.82, 2.24) is 9.55 Å². The molecule has 0 saturated heterocycles. The molecule has 1 aromatic heterocycles. The van der Waals surface area contributed by atoms with Crippen LogP contribution in [0, 0.1) is 24.0 Å². The molecular formula is C13H14N4O4. The van der Waals surface area contributed by atoms with Crippen LogP contribution in [0.2, 0.25) is 0 Å². The van der Waals surface area contributed by atoms with Gasteiger partial charge in [-0.3, -0.25) is 14.7 Å². The zero-order valence-corrected chi connectivity index (χ0v) is 11.8. The van der Waals surface area contributed by atoms with E-state index in [2.05, 4.69) is 9.72 Å². The number of hydrogen-bond donors (Lipinski definition) is 1. The van der Waals surface area contributed by atoms with Gasteiger partial charge in [-0.05, 0) is 25.5 Å². The molecule has 0 bridgehead atoms. The minimum atomic E-state index is -0.631. The lowest BCUT2D eigenvalue weighted by atomic mass is 10.1. The maximum absolute atomic E-state index is 11.6. The fourth-order valence-corrected chi connectivity index (χ4v) is 2.10. The Kier molecular flexibility index (Phi) is 3.62. The molecule has 8 heteroatoms. The average molecular weight is 290 g/mol. The van der Waals surface area contributed by atoms with Gasteiger partial charge in [0.05, 0.1) is 17.7 Å². The van der Waals surface area contributed by atoms with Crippen LogP contribution in [0.3, 0.4) is 0 Å². The second-order valence-corrected chi connectivity index (χ2v) is 4.45. The predicted molar refractivity (Wildman–Crippen MR) is 75.4 cm³/mol. The minimum absolute atomic E-state index is 0.0132. The third kappa shape index (κ3) is 2.42. The van der Waals surface area contributed by atoms with Gasteiger partial charge in [0.1, 0.15) is 11.6 Å². The van der Waals surface area contributed by atoms with E-state index in [4.69, 9.17) is 5.73 Å². The number of nitro benzene ring substituents is 1. The number of carbonyl (C=O) groups is 1. The Balaban J connectivity index is 2.60. The molecule has 1 heterocycles.